The van der Waals surface area contributed by atoms with Crippen molar-refractivity contribution in [3.63, 3.8) is 0 Å². The molecule has 0 rings (SSSR count). The standard InChI is InChI=1S/Ca.F4Si.Mg/c;1-5(2,3)4;. The van der Waals surface area contributed by atoms with E-state index in [2.05, 4.69) is 0 Å². The second-order valence-corrected chi connectivity index (χ2v) is 1.29. The van der Waals surface area contributed by atoms with Crippen LogP contribution in [0.15, 0.2) is 0 Å². The predicted octanol–water partition coefficient (Wildman–Crippen LogP) is 0.538. The third-order valence-electron chi connectivity index (χ3n) is 0. The minimum Gasteiger partial charge on any atom is -0.211 e. The van der Waals surface area contributed by atoms with E-state index in [9.17, 15) is 16.4 Å². The van der Waals surface area contributed by atoms with E-state index in [0.717, 1.165) is 0 Å². The molecular weight excluding hydrogens is 168 g/mol. The van der Waals surface area contributed by atoms with E-state index in [1.807, 2.05) is 0 Å². The molecule has 0 unspecified atom stereocenters. The van der Waals surface area contributed by atoms with Gasteiger partial charge in [-0.2, -0.15) is 0 Å². The molecule has 7 heteroatoms. The average Bonchev–Trinajstić information content (AvgIpc) is 0.722. The van der Waals surface area contributed by atoms with Gasteiger partial charge < -0.3 is 0 Å². The first-order chi connectivity index (χ1) is 2.00. The molecule has 0 aliphatic heterocycles. The Bertz CT molecular complexity index is 27.2. The molecule has 0 aromatic rings. The van der Waals surface area contributed by atoms with Gasteiger partial charge in [0, 0.05) is 60.8 Å². The average molecular weight is 168 g/mol. The molecule has 0 N–H and O–H groups in total. The van der Waals surface area contributed by atoms with Gasteiger partial charge in [0.2, 0.25) is 0 Å². The van der Waals surface area contributed by atoms with Crippen molar-refractivity contribution in [1.29, 1.82) is 0 Å². The fourth-order valence-electron chi connectivity index (χ4n) is 0. The van der Waals surface area contributed by atoms with Crippen molar-refractivity contribution in [3.05, 3.63) is 0 Å². The smallest absolute Gasteiger partial charge is 0.211 e. The van der Waals surface area contributed by atoms with Crippen molar-refractivity contribution >= 4 is 70.2 Å². The molecule has 0 spiro atoms. The summed E-state index contributed by atoms with van der Waals surface area (Å²) in [5, 5.41) is 0. The maximum Gasteiger partial charge on any atom is 0.844 e. The van der Waals surface area contributed by atoms with Crippen molar-refractivity contribution in [1.82, 2.24) is 0 Å². The Morgan fingerprint density at radius 3 is 0.857 bits per heavy atom. The van der Waals surface area contributed by atoms with E-state index >= 15 is 0 Å². The second kappa shape index (κ2) is 6.09. The zero-order valence-corrected chi connectivity index (χ0v) is 8.05. The SMILES string of the molecule is F[Si](F)(F)F.[Ca].[Mg]. The Balaban J connectivity index is -0.0000000800. The molecule has 0 nitrogen and oxygen atoms in total. The first-order valence-electron chi connectivity index (χ1n) is 0.756. The summed E-state index contributed by atoms with van der Waals surface area (Å²) in [5.74, 6) is 0. The normalized spacial score (nSPS) is 8.57. The molecule has 0 amide bonds. The molecule has 4 radical (unpaired) electrons. The molecule has 0 saturated carbocycles. The largest absolute Gasteiger partial charge is 0.844 e. The van der Waals surface area contributed by atoms with Crippen LogP contribution in [0, 0.1) is 0 Å². The summed E-state index contributed by atoms with van der Waals surface area (Å²) in [7, 11) is -6.61. The van der Waals surface area contributed by atoms with Gasteiger partial charge in [-0.1, -0.05) is 0 Å². The van der Waals surface area contributed by atoms with Crippen LogP contribution in [0.5, 0.6) is 0 Å². The molecule has 7 heavy (non-hydrogen) atoms. The fourth-order valence-corrected chi connectivity index (χ4v) is 0. The van der Waals surface area contributed by atoms with E-state index in [4.69, 9.17) is 0 Å². The van der Waals surface area contributed by atoms with Crippen LogP contribution in [0.2, 0.25) is 0 Å². The summed E-state index contributed by atoms with van der Waals surface area (Å²) in [6, 6.07) is 0. The first kappa shape index (κ1) is 16.0. The van der Waals surface area contributed by atoms with Crippen LogP contribution in [0.1, 0.15) is 0 Å². The molecule has 0 bridgehead atoms. The molecule has 0 fully saturated rings. The molecule has 0 heterocycles. The summed E-state index contributed by atoms with van der Waals surface area (Å²) in [6.45, 7) is 0. The van der Waals surface area contributed by atoms with E-state index in [-0.39, 0.29) is 60.8 Å². The van der Waals surface area contributed by atoms with Gasteiger partial charge in [-0.25, -0.2) is 16.4 Å². The Morgan fingerprint density at radius 2 is 0.857 bits per heavy atom. The Kier molecular flexibility index (Phi) is 13.9. The van der Waals surface area contributed by atoms with Gasteiger partial charge in [-0.3, -0.25) is 0 Å². The molecule has 0 aromatic carbocycles. The van der Waals surface area contributed by atoms with Crippen LogP contribution in [-0.2, 0) is 0 Å². The van der Waals surface area contributed by atoms with Gasteiger partial charge in [0.05, 0.1) is 0 Å². The van der Waals surface area contributed by atoms with Crippen molar-refractivity contribution in [2.75, 3.05) is 0 Å². The number of hydrogen-bond acceptors (Lipinski definition) is 0. The van der Waals surface area contributed by atoms with Gasteiger partial charge in [0.25, 0.3) is 0 Å². The molecule has 0 aliphatic rings. The monoisotopic (exact) mass is 168 g/mol. The Hall–Kier alpha value is 1.96. The van der Waals surface area contributed by atoms with Gasteiger partial charge in [-0.05, 0) is 0 Å². The molecular formula is CaF4MgSi. The van der Waals surface area contributed by atoms with E-state index < -0.39 is 9.41 Å². The molecule has 0 atom stereocenters. The van der Waals surface area contributed by atoms with Crippen LogP contribution in [0.25, 0.3) is 0 Å². The van der Waals surface area contributed by atoms with Crippen LogP contribution < -0.4 is 0 Å². The Labute approximate surface area is 85.5 Å². The van der Waals surface area contributed by atoms with Crippen molar-refractivity contribution < 1.29 is 16.4 Å². The summed E-state index contributed by atoms with van der Waals surface area (Å²) in [5.41, 5.74) is 0. The molecule has 0 aromatic heterocycles. The Morgan fingerprint density at radius 1 is 0.857 bits per heavy atom. The van der Waals surface area contributed by atoms with Crippen LogP contribution in [0.4, 0.5) is 16.4 Å². The first-order valence-corrected chi connectivity index (χ1v) is 2.27. The minimum atomic E-state index is -6.61. The number of rotatable bonds is 0. The second-order valence-electron chi connectivity index (χ2n) is 0.429. The van der Waals surface area contributed by atoms with Gasteiger partial charge in [0.1, 0.15) is 0 Å². The zero-order chi connectivity index (χ0) is 4.50. The van der Waals surface area contributed by atoms with E-state index in [1.165, 1.54) is 0 Å². The van der Waals surface area contributed by atoms with Crippen LogP contribution in [0.3, 0.4) is 0 Å². The maximum absolute atomic E-state index is 9.83. The molecule has 0 saturated heterocycles. The predicted molar refractivity (Wildman–Crippen MR) is 21.7 cm³/mol. The topological polar surface area (TPSA) is 0 Å². The summed E-state index contributed by atoms with van der Waals surface area (Å²) in [4.78, 5) is 0. The van der Waals surface area contributed by atoms with Crippen molar-refractivity contribution in [3.8, 4) is 0 Å². The maximum atomic E-state index is 9.83. The van der Waals surface area contributed by atoms with Gasteiger partial charge in [-0.15, -0.1) is 0 Å². The number of hydrogen-bond donors (Lipinski definition) is 0. The van der Waals surface area contributed by atoms with Crippen LogP contribution in [-0.4, -0.2) is 70.2 Å². The third-order valence-corrected chi connectivity index (χ3v) is 0. The third kappa shape index (κ3) is 73.5. The van der Waals surface area contributed by atoms with Gasteiger partial charge in [0.15, 0.2) is 0 Å². The summed E-state index contributed by atoms with van der Waals surface area (Å²) < 4.78 is 39.3. The zero-order valence-electron chi connectivity index (χ0n) is 3.43. The van der Waals surface area contributed by atoms with Crippen LogP contribution >= 0.6 is 0 Å². The van der Waals surface area contributed by atoms with Crippen molar-refractivity contribution in [2.45, 2.75) is 0 Å². The summed E-state index contributed by atoms with van der Waals surface area (Å²) in [6.07, 6.45) is 0. The molecule has 36 valence electrons. The van der Waals surface area contributed by atoms with Gasteiger partial charge >= 0.3 is 9.41 Å². The fraction of sp³-hybridized carbons (Fsp3) is 0. The van der Waals surface area contributed by atoms with Crippen molar-refractivity contribution in [2.24, 2.45) is 0 Å². The molecule has 0 aliphatic carbocycles. The van der Waals surface area contributed by atoms with E-state index in [0.29, 0.717) is 0 Å². The number of halogens is 4. The quantitative estimate of drug-likeness (QED) is 0.281. The minimum absolute atomic E-state index is 0. The van der Waals surface area contributed by atoms with E-state index in [1.54, 1.807) is 0 Å². The summed E-state index contributed by atoms with van der Waals surface area (Å²) >= 11 is 0.